The van der Waals surface area contributed by atoms with Crippen LogP contribution in [-0.4, -0.2) is 23.0 Å². The maximum absolute atomic E-state index is 15.7. The van der Waals surface area contributed by atoms with Gasteiger partial charge in [0.15, 0.2) is 17.4 Å². The van der Waals surface area contributed by atoms with Crippen LogP contribution in [0.3, 0.4) is 0 Å². The van der Waals surface area contributed by atoms with Crippen molar-refractivity contribution in [3.8, 4) is 34.0 Å². The van der Waals surface area contributed by atoms with E-state index in [1.165, 1.54) is 18.2 Å². The maximum atomic E-state index is 15.7. The fraction of sp³-hybridized carbons (Fsp3) is 0.154. The molecule has 38 heavy (non-hydrogen) atoms. The van der Waals surface area contributed by atoms with Crippen molar-refractivity contribution in [1.29, 1.82) is 0 Å². The fourth-order valence-corrected chi connectivity index (χ4v) is 4.73. The Morgan fingerprint density at radius 3 is 2.55 bits per heavy atom. The number of ether oxygens (including phenoxy) is 1. The summed E-state index contributed by atoms with van der Waals surface area (Å²) in [7, 11) is -4.63. The van der Waals surface area contributed by atoms with Crippen molar-refractivity contribution < 1.29 is 26.5 Å². The van der Waals surface area contributed by atoms with E-state index in [9.17, 15) is 8.42 Å². The average molecular weight is 559 g/mol. The standard InChI is InChI=1S/C26H21ClF2N4O4S/c1-26(2,3)21-13-17(32-37-21)23-24(29)20(38(30,34)35)12-16(28)25(23)36-19-8-7-14(27)11-15(19)18-5-4-6-22-31-9-10-33(18)22/h4-13H,1-3H3,(H2,30,34,35). The molecule has 0 aliphatic heterocycles. The maximum Gasteiger partial charge on any atom is 0.241 e. The van der Waals surface area contributed by atoms with E-state index in [1.54, 1.807) is 41.1 Å². The predicted octanol–water partition coefficient (Wildman–Crippen LogP) is 6.33. The van der Waals surface area contributed by atoms with Crippen LogP contribution in [0.5, 0.6) is 11.5 Å². The van der Waals surface area contributed by atoms with Crippen LogP contribution in [-0.2, 0) is 15.4 Å². The largest absolute Gasteiger partial charge is 0.453 e. The highest BCUT2D eigenvalue weighted by molar-refractivity contribution is 7.89. The van der Waals surface area contributed by atoms with E-state index in [2.05, 4.69) is 10.1 Å². The van der Waals surface area contributed by atoms with Crippen molar-refractivity contribution in [2.45, 2.75) is 31.1 Å². The van der Waals surface area contributed by atoms with Crippen LogP contribution < -0.4 is 9.88 Å². The Balaban J connectivity index is 1.75. The second kappa shape index (κ2) is 9.19. The molecule has 3 aromatic heterocycles. The highest BCUT2D eigenvalue weighted by atomic mass is 35.5. The van der Waals surface area contributed by atoms with E-state index in [1.807, 2.05) is 20.8 Å². The van der Waals surface area contributed by atoms with Gasteiger partial charge in [0.2, 0.25) is 10.0 Å². The van der Waals surface area contributed by atoms with E-state index >= 15 is 8.78 Å². The monoisotopic (exact) mass is 558 g/mol. The first-order chi connectivity index (χ1) is 17.8. The minimum Gasteiger partial charge on any atom is -0.453 e. The van der Waals surface area contributed by atoms with Crippen molar-refractivity contribution in [2.75, 3.05) is 0 Å². The number of aromatic nitrogens is 3. The molecule has 0 bridgehead atoms. The normalized spacial score (nSPS) is 12.3. The Hall–Kier alpha value is -3.80. The molecule has 0 atom stereocenters. The van der Waals surface area contributed by atoms with Crippen molar-refractivity contribution in [1.82, 2.24) is 14.5 Å². The molecule has 2 N–H and O–H groups in total. The van der Waals surface area contributed by atoms with Gasteiger partial charge in [-0.25, -0.2) is 27.3 Å². The second-order valence-electron chi connectivity index (χ2n) is 9.56. The van der Waals surface area contributed by atoms with Crippen molar-refractivity contribution in [3.05, 3.63) is 83.3 Å². The van der Waals surface area contributed by atoms with Gasteiger partial charge in [-0.15, -0.1) is 0 Å². The number of hydrogen-bond acceptors (Lipinski definition) is 6. The summed E-state index contributed by atoms with van der Waals surface area (Å²) < 4.78 is 68.5. The Bertz CT molecular complexity index is 1810. The predicted molar refractivity (Wildman–Crippen MR) is 138 cm³/mol. The lowest BCUT2D eigenvalue weighted by Gasteiger charge is -2.17. The number of hydrogen-bond donors (Lipinski definition) is 1. The zero-order valence-electron chi connectivity index (χ0n) is 20.4. The molecule has 12 heteroatoms. The Labute approximate surface area is 221 Å². The van der Waals surface area contributed by atoms with E-state index in [-0.39, 0.29) is 11.4 Å². The summed E-state index contributed by atoms with van der Waals surface area (Å²) >= 11 is 6.28. The Morgan fingerprint density at radius 1 is 1.11 bits per heavy atom. The zero-order chi connectivity index (χ0) is 27.4. The molecule has 196 valence electrons. The van der Waals surface area contributed by atoms with Crippen molar-refractivity contribution >= 4 is 27.3 Å². The van der Waals surface area contributed by atoms with E-state index in [4.69, 9.17) is 26.0 Å². The summed E-state index contributed by atoms with van der Waals surface area (Å²) in [5.41, 5.74) is 0.441. The number of primary sulfonamides is 1. The molecule has 0 aliphatic carbocycles. The Morgan fingerprint density at radius 2 is 1.87 bits per heavy atom. The van der Waals surface area contributed by atoms with Gasteiger partial charge in [-0.05, 0) is 30.3 Å². The molecule has 0 unspecified atom stereocenters. The summed E-state index contributed by atoms with van der Waals surface area (Å²) in [6.07, 6.45) is 3.34. The number of nitrogens with zero attached hydrogens (tertiary/aromatic N) is 3. The van der Waals surface area contributed by atoms with Gasteiger partial charge in [0, 0.05) is 40.5 Å². The van der Waals surface area contributed by atoms with Gasteiger partial charge in [0.1, 0.15) is 27.7 Å². The minimum atomic E-state index is -4.63. The summed E-state index contributed by atoms with van der Waals surface area (Å²) in [6, 6.07) is 11.8. The minimum absolute atomic E-state index is 0.109. The molecule has 5 aromatic rings. The highest BCUT2D eigenvalue weighted by Gasteiger charge is 2.30. The number of fused-ring (bicyclic) bond motifs is 1. The zero-order valence-corrected chi connectivity index (χ0v) is 21.9. The van der Waals surface area contributed by atoms with E-state index in [0.717, 1.165) is 0 Å². The van der Waals surface area contributed by atoms with Gasteiger partial charge in [-0.3, -0.25) is 4.40 Å². The van der Waals surface area contributed by atoms with Gasteiger partial charge in [-0.1, -0.05) is 43.6 Å². The van der Waals surface area contributed by atoms with Crippen LogP contribution in [0.1, 0.15) is 26.5 Å². The highest BCUT2D eigenvalue weighted by Crippen LogP contribution is 2.43. The molecule has 0 saturated carbocycles. The van der Waals surface area contributed by atoms with Crippen molar-refractivity contribution in [3.63, 3.8) is 0 Å². The summed E-state index contributed by atoms with van der Waals surface area (Å²) in [5, 5.41) is 9.41. The van der Waals surface area contributed by atoms with E-state index < -0.39 is 43.3 Å². The first kappa shape index (κ1) is 25.8. The molecule has 0 spiro atoms. The third kappa shape index (κ3) is 4.64. The summed E-state index contributed by atoms with van der Waals surface area (Å²) in [4.78, 5) is 3.22. The van der Waals surface area contributed by atoms with Gasteiger partial charge in [0.25, 0.3) is 0 Å². The SMILES string of the molecule is CC(C)(C)c1cc(-c2c(F)c(S(N)(=O)=O)cc(F)c2Oc2ccc(Cl)cc2-c2cccc3nccn23)no1. The lowest BCUT2D eigenvalue weighted by Crippen LogP contribution is -2.15. The number of rotatable bonds is 5. The molecule has 0 aliphatic rings. The van der Waals surface area contributed by atoms with Crippen LogP contribution >= 0.6 is 11.6 Å². The molecular weight excluding hydrogens is 538 g/mol. The lowest BCUT2D eigenvalue weighted by atomic mass is 9.92. The number of halogens is 3. The second-order valence-corrected chi connectivity index (χ2v) is 11.5. The molecule has 0 radical (unpaired) electrons. The van der Waals surface area contributed by atoms with Gasteiger partial charge < -0.3 is 9.26 Å². The summed E-state index contributed by atoms with van der Waals surface area (Å²) in [6.45, 7) is 5.51. The van der Waals surface area contributed by atoms with Crippen molar-refractivity contribution in [2.24, 2.45) is 5.14 Å². The lowest BCUT2D eigenvalue weighted by molar-refractivity contribution is 0.330. The van der Waals surface area contributed by atoms with E-state index in [0.29, 0.717) is 33.8 Å². The van der Waals surface area contributed by atoms with Crippen LogP contribution in [0.2, 0.25) is 5.02 Å². The summed E-state index contributed by atoms with van der Waals surface area (Å²) in [5.74, 6) is -2.64. The Kier molecular flexibility index (Phi) is 6.25. The van der Waals surface area contributed by atoms with Gasteiger partial charge >= 0.3 is 0 Å². The van der Waals surface area contributed by atoms with Crippen LogP contribution in [0, 0.1) is 11.6 Å². The topological polar surface area (TPSA) is 113 Å². The van der Waals surface area contributed by atoms with Gasteiger partial charge in [0.05, 0.1) is 11.3 Å². The third-order valence-electron chi connectivity index (χ3n) is 5.81. The van der Waals surface area contributed by atoms with Crippen LogP contribution in [0.15, 0.2) is 70.3 Å². The fourth-order valence-electron chi connectivity index (χ4n) is 3.94. The number of benzene rings is 2. The van der Waals surface area contributed by atoms with Gasteiger partial charge in [-0.2, -0.15) is 0 Å². The molecule has 0 saturated heterocycles. The molecule has 8 nitrogen and oxygen atoms in total. The van der Waals surface area contributed by atoms with Crippen LogP contribution in [0.25, 0.3) is 28.2 Å². The smallest absolute Gasteiger partial charge is 0.241 e. The average Bonchev–Trinajstić information content (AvgIpc) is 3.51. The number of nitrogens with two attached hydrogens (primary N) is 1. The number of imidazole rings is 1. The molecule has 5 rings (SSSR count). The first-order valence-corrected chi connectivity index (χ1v) is 13.2. The molecule has 0 fully saturated rings. The molecule has 2 aromatic carbocycles. The third-order valence-corrected chi connectivity index (χ3v) is 6.95. The molecule has 0 amide bonds. The molecule has 3 heterocycles. The number of pyridine rings is 1. The molecular formula is C26H21ClF2N4O4S. The first-order valence-electron chi connectivity index (χ1n) is 11.3. The number of sulfonamides is 1. The quantitative estimate of drug-likeness (QED) is 0.270. The van der Waals surface area contributed by atoms with Crippen LogP contribution in [0.4, 0.5) is 8.78 Å².